The topological polar surface area (TPSA) is 37.3 Å². The molecule has 0 amide bonds. The molecule has 0 aromatic heterocycles. The van der Waals surface area contributed by atoms with E-state index in [4.69, 9.17) is 0 Å². The van der Waals surface area contributed by atoms with E-state index in [9.17, 15) is 9.90 Å². The molecule has 2 nitrogen and oxygen atoms in total. The molecular weight excluding hydrogens is 392 g/mol. The van der Waals surface area contributed by atoms with Crippen LogP contribution in [0.5, 0.6) is 0 Å². The maximum absolute atomic E-state index is 12.5. The zero-order valence-corrected chi connectivity index (χ0v) is 21.7. The monoisotopic (exact) mass is 436 g/mol. The Morgan fingerprint density at radius 3 is 2.34 bits per heavy atom. The predicted molar refractivity (Wildman–Crippen MR) is 133 cm³/mol. The molecule has 5 rings (SSSR count). The van der Waals surface area contributed by atoms with E-state index in [-0.39, 0.29) is 22.4 Å². The summed E-state index contributed by atoms with van der Waals surface area (Å²) in [6.07, 6.45) is 15.3. The molecule has 5 aliphatic rings. The van der Waals surface area contributed by atoms with Gasteiger partial charge in [-0.25, -0.2) is 0 Å². The van der Waals surface area contributed by atoms with Crippen LogP contribution >= 0.6 is 0 Å². The lowest BCUT2D eigenvalue weighted by Crippen LogP contribution is -2.60. The van der Waals surface area contributed by atoms with Gasteiger partial charge in [-0.3, -0.25) is 4.79 Å². The predicted octanol–water partition coefficient (Wildman–Crippen LogP) is 8.27. The zero-order valence-electron chi connectivity index (χ0n) is 21.7. The van der Waals surface area contributed by atoms with E-state index in [1.165, 1.54) is 38.5 Å². The molecule has 5 unspecified atom stereocenters. The van der Waals surface area contributed by atoms with Crippen molar-refractivity contribution >= 4 is 5.78 Å². The Bertz CT molecular complexity index is 961. The molecule has 0 aromatic rings. The van der Waals surface area contributed by atoms with Crippen LogP contribution in [0.4, 0.5) is 0 Å². The zero-order chi connectivity index (χ0) is 23.7. The third kappa shape index (κ3) is 2.86. The van der Waals surface area contributed by atoms with Crippen LogP contribution in [0.1, 0.15) is 100 Å². The number of rotatable bonds is 0. The maximum atomic E-state index is 12.5. The van der Waals surface area contributed by atoms with Crippen LogP contribution in [-0.4, -0.2) is 10.9 Å². The average molecular weight is 437 g/mol. The number of hydrogen-bond acceptors (Lipinski definition) is 2. The Labute approximate surface area is 195 Å². The fourth-order valence-corrected chi connectivity index (χ4v) is 8.51. The molecule has 3 saturated carbocycles. The summed E-state index contributed by atoms with van der Waals surface area (Å²) in [4.78, 5) is 12.5. The number of hydrogen-bond donors (Lipinski definition) is 1. The number of fused-ring (bicyclic) bond motifs is 7. The van der Waals surface area contributed by atoms with Crippen LogP contribution in [0.3, 0.4) is 0 Å². The fourth-order valence-electron chi connectivity index (χ4n) is 8.51. The highest BCUT2D eigenvalue weighted by Crippen LogP contribution is 2.74. The van der Waals surface area contributed by atoms with Gasteiger partial charge in [0, 0.05) is 11.0 Å². The number of aliphatic hydroxyl groups excluding tert-OH is 1. The number of carbonyl (C=O) groups excluding carboxylic acids is 1. The second-order valence-electron chi connectivity index (χ2n) is 12.2. The molecule has 1 N–H and O–H groups in total. The highest BCUT2D eigenvalue weighted by Gasteiger charge is 2.65. The minimum absolute atomic E-state index is 0.0815. The number of carbonyl (C=O) groups is 1. The molecule has 5 aliphatic carbocycles. The van der Waals surface area contributed by atoms with Crippen LogP contribution < -0.4 is 0 Å². The van der Waals surface area contributed by atoms with Crippen molar-refractivity contribution in [2.24, 2.45) is 33.5 Å². The van der Waals surface area contributed by atoms with Crippen molar-refractivity contribution in [1.29, 1.82) is 0 Å². The second-order valence-corrected chi connectivity index (χ2v) is 12.2. The van der Waals surface area contributed by atoms with Gasteiger partial charge in [0.05, 0.1) is 0 Å². The Kier molecular flexibility index (Phi) is 5.51. The van der Waals surface area contributed by atoms with Gasteiger partial charge in [-0.05, 0) is 90.8 Å². The first-order valence-corrected chi connectivity index (χ1v) is 13.1. The summed E-state index contributed by atoms with van der Waals surface area (Å²) < 4.78 is 0. The number of aliphatic hydroxyl groups is 1. The van der Waals surface area contributed by atoms with Gasteiger partial charge in [0.25, 0.3) is 0 Å². The quantitative estimate of drug-likeness (QED) is 0.415. The van der Waals surface area contributed by atoms with E-state index < -0.39 is 0 Å². The van der Waals surface area contributed by atoms with Gasteiger partial charge in [-0.15, -0.1) is 0 Å². The smallest absolute Gasteiger partial charge is 0.220 e. The van der Waals surface area contributed by atoms with Crippen LogP contribution in [-0.2, 0) is 4.79 Å². The van der Waals surface area contributed by atoms with Crippen LogP contribution in [0.25, 0.3) is 0 Å². The van der Waals surface area contributed by atoms with Crippen molar-refractivity contribution < 1.29 is 9.90 Å². The van der Waals surface area contributed by atoms with Gasteiger partial charge in [-0.1, -0.05) is 72.6 Å². The highest BCUT2D eigenvalue weighted by atomic mass is 16.3. The highest BCUT2D eigenvalue weighted by molar-refractivity contribution is 6.06. The van der Waals surface area contributed by atoms with E-state index in [1.807, 2.05) is 20.8 Å². The minimum atomic E-state index is -0.224. The number of allylic oxidation sites excluding steroid dienone is 7. The fraction of sp³-hybridized carbons (Fsp3) is 0.700. The number of ketones is 1. The summed E-state index contributed by atoms with van der Waals surface area (Å²) in [7, 11) is 0. The molecule has 176 valence electrons. The van der Waals surface area contributed by atoms with Crippen molar-refractivity contribution in [1.82, 2.24) is 0 Å². The molecule has 0 heterocycles. The normalized spacial score (nSPS) is 45.1. The summed E-state index contributed by atoms with van der Waals surface area (Å²) in [5.74, 6) is 1.30. The molecule has 0 bridgehead atoms. The van der Waals surface area contributed by atoms with Crippen molar-refractivity contribution in [2.45, 2.75) is 100 Å². The largest absolute Gasteiger partial charge is 0.504 e. The summed E-state index contributed by atoms with van der Waals surface area (Å²) in [5.41, 5.74) is 5.33. The van der Waals surface area contributed by atoms with Gasteiger partial charge in [0.1, 0.15) is 0 Å². The van der Waals surface area contributed by atoms with Crippen molar-refractivity contribution in [3.8, 4) is 0 Å². The van der Waals surface area contributed by atoms with Crippen molar-refractivity contribution in [3.05, 3.63) is 46.3 Å². The van der Waals surface area contributed by atoms with Crippen molar-refractivity contribution in [2.75, 3.05) is 0 Å². The third-order valence-electron chi connectivity index (χ3n) is 10.8. The molecule has 0 saturated heterocycles. The van der Waals surface area contributed by atoms with Crippen LogP contribution in [0, 0.1) is 33.5 Å². The van der Waals surface area contributed by atoms with Gasteiger partial charge < -0.3 is 5.11 Å². The van der Waals surface area contributed by atoms with E-state index in [2.05, 4.69) is 46.8 Å². The summed E-state index contributed by atoms with van der Waals surface area (Å²) in [6.45, 7) is 18.4. The Morgan fingerprint density at radius 1 is 0.969 bits per heavy atom. The first-order chi connectivity index (χ1) is 15.0. The van der Waals surface area contributed by atoms with E-state index in [1.54, 1.807) is 11.6 Å². The van der Waals surface area contributed by atoms with E-state index in [0.717, 1.165) is 35.0 Å². The van der Waals surface area contributed by atoms with E-state index >= 15 is 0 Å². The molecule has 0 aliphatic heterocycles. The van der Waals surface area contributed by atoms with Gasteiger partial charge in [0.2, 0.25) is 5.78 Å². The van der Waals surface area contributed by atoms with Gasteiger partial charge in [0.15, 0.2) is 5.76 Å². The molecule has 0 radical (unpaired) electrons. The van der Waals surface area contributed by atoms with Gasteiger partial charge in [-0.2, -0.15) is 0 Å². The van der Waals surface area contributed by atoms with E-state index in [0.29, 0.717) is 10.8 Å². The standard InChI is InChI=1S/C28H38O2.C2H6/c1-17-9-10-25(3)11-13-27(5)22-8-7-19-18(2)24(30)21(29)16-20(19)26(22,4)12-14-28(27,6)23(25)15-17;1-2/h7-8,16-17,23,30H,9-15H2,1-6H3;1-2H3/t17?,23?,25?,26?,27?,28-;/m0./s1. The molecule has 6 atom stereocenters. The van der Waals surface area contributed by atoms with Crippen molar-refractivity contribution in [3.63, 3.8) is 0 Å². The minimum Gasteiger partial charge on any atom is -0.504 e. The molecule has 2 heteroatoms. The lowest BCUT2D eigenvalue weighted by molar-refractivity contribution is -0.148. The SMILES string of the molecule is CC.CC1=C(O)C(=O)C=C2C1=CC=C1C2(C)CC[C@@]2(C)C3CC(C)CCC3(C)CCC12C. The first kappa shape index (κ1) is 23.6. The second kappa shape index (κ2) is 7.47. The lowest BCUT2D eigenvalue weighted by Gasteiger charge is -2.69. The Balaban J connectivity index is 0.00000119. The van der Waals surface area contributed by atoms with Gasteiger partial charge >= 0.3 is 0 Å². The summed E-state index contributed by atoms with van der Waals surface area (Å²) in [6, 6.07) is 0. The van der Waals surface area contributed by atoms with Crippen LogP contribution in [0.15, 0.2) is 46.3 Å². The molecular formula is C30H44O2. The Morgan fingerprint density at radius 2 is 1.66 bits per heavy atom. The third-order valence-corrected chi connectivity index (χ3v) is 10.8. The molecule has 3 fully saturated rings. The summed E-state index contributed by atoms with van der Waals surface area (Å²) in [5, 5.41) is 10.3. The molecule has 0 aromatic carbocycles. The average Bonchev–Trinajstić information content (AvgIpc) is 2.77. The van der Waals surface area contributed by atoms with Crippen LogP contribution in [0.2, 0.25) is 0 Å². The maximum Gasteiger partial charge on any atom is 0.220 e. The first-order valence-electron chi connectivity index (χ1n) is 13.1. The molecule has 0 spiro atoms. The molecule has 32 heavy (non-hydrogen) atoms. The lowest BCUT2D eigenvalue weighted by atomic mass is 9.35. The summed E-state index contributed by atoms with van der Waals surface area (Å²) >= 11 is 0. The Hall–Kier alpha value is -1.57.